The van der Waals surface area contributed by atoms with Gasteiger partial charge < -0.3 is 24.4 Å². The van der Waals surface area contributed by atoms with Gasteiger partial charge in [0.25, 0.3) is 0 Å². The summed E-state index contributed by atoms with van der Waals surface area (Å²) in [4.78, 5) is 40.8. The highest BCUT2D eigenvalue weighted by Gasteiger charge is 2.44. The number of carboxylic acids is 1. The quantitative estimate of drug-likeness (QED) is 0.227. The zero-order chi connectivity index (χ0) is 38.0. The van der Waals surface area contributed by atoms with Gasteiger partial charge in [0, 0.05) is 25.7 Å². The third kappa shape index (κ3) is 8.76. The fourth-order valence-electron chi connectivity index (χ4n) is 5.99. The number of carbonyl (C=O) groups excluding carboxylic acids is 1. The van der Waals surface area contributed by atoms with E-state index in [1.165, 1.54) is 12.4 Å². The van der Waals surface area contributed by atoms with Crippen molar-refractivity contribution in [2.24, 2.45) is 0 Å². The first-order chi connectivity index (χ1) is 24.4. The lowest BCUT2D eigenvalue weighted by Crippen LogP contribution is -2.48. The molecule has 0 radical (unpaired) electrons. The highest BCUT2D eigenvalue weighted by Crippen LogP contribution is 2.45. The molecule has 3 aromatic rings. The monoisotopic (exact) mass is 750 g/mol. The van der Waals surface area contributed by atoms with Gasteiger partial charge in [0.2, 0.25) is 5.95 Å². The van der Waals surface area contributed by atoms with Crippen LogP contribution < -0.4 is 14.7 Å². The Morgan fingerprint density at radius 2 is 1.56 bits per heavy atom. The van der Waals surface area contributed by atoms with Crippen molar-refractivity contribution in [2.45, 2.75) is 63.3 Å². The van der Waals surface area contributed by atoms with E-state index in [1.807, 2.05) is 4.90 Å². The Bertz CT molecular complexity index is 1720. The van der Waals surface area contributed by atoms with E-state index < -0.39 is 90.3 Å². The number of aliphatic carboxylic acids is 1. The van der Waals surface area contributed by atoms with Crippen molar-refractivity contribution >= 4 is 29.4 Å². The van der Waals surface area contributed by atoms with E-state index in [0.29, 0.717) is 50.2 Å². The van der Waals surface area contributed by atoms with Gasteiger partial charge in [-0.05, 0) is 48.7 Å². The number of fused-ring (bicyclic) bond motifs is 1. The Labute approximate surface area is 290 Å². The highest BCUT2D eigenvalue weighted by atomic mass is 19.4. The number of halogens is 9. The summed E-state index contributed by atoms with van der Waals surface area (Å²) < 4.78 is 136. The summed E-state index contributed by atoms with van der Waals surface area (Å²) in [6.45, 7) is 2.02. The summed E-state index contributed by atoms with van der Waals surface area (Å²) in [5, 5.41) is 8.97. The van der Waals surface area contributed by atoms with Crippen molar-refractivity contribution in [3.05, 3.63) is 70.8 Å². The van der Waals surface area contributed by atoms with Crippen molar-refractivity contribution in [1.82, 2.24) is 15.0 Å². The molecule has 52 heavy (non-hydrogen) atoms. The SMILES string of the molecule is CC[C@@H]1C[C@H](N(Cc2cc(C(F)(F)F)cc(C(F)(F)F)c2)c2ncc(N3CCOCC3)cn2)c2nc(C(F)(F)F)ccc2N1C(=O)OCCC(=O)O. The van der Waals surface area contributed by atoms with Crippen LogP contribution in [0.3, 0.4) is 0 Å². The number of hydrogen-bond acceptors (Lipinski definition) is 9. The molecule has 0 spiro atoms. The van der Waals surface area contributed by atoms with E-state index >= 15 is 0 Å². The van der Waals surface area contributed by atoms with E-state index in [2.05, 4.69) is 15.0 Å². The van der Waals surface area contributed by atoms with E-state index in [9.17, 15) is 49.1 Å². The topological polar surface area (TPSA) is 121 Å². The third-order valence-electron chi connectivity index (χ3n) is 8.47. The molecule has 11 nitrogen and oxygen atoms in total. The van der Waals surface area contributed by atoms with Crippen LogP contribution in [-0.4, -0.2) is 71.1 Å². The molecule has 282 valence electrons. The van der Waals surface area contributed by atoms with Crippen LogP contribution >= 0.6 is 0 Å². The molecule has 1 fully saturated rings. The Balaban J connectivity index is 1.67. The number of ether oxygens (including phenoxy) is 2. The standard InChI is InChI=1S/C32H31F9N6O5/c1-2-21-14-24(27-23(3-4-25(44-27)32(39,40)41)47(21)29(50)52-8-5-26(48)49)46(28-42-15-22(16-43-28)45-6-9-51-10-7-45)17-18-11-19(30(33,34)35)13-20(12-18)31(36,37)38/h3-4,11-13,15-16,21,24H,2,5-10,14,17H2,1H3,(H,48,49)/t21-,24+/m1/s1. The average Bonchev–Trinajstić information content (AvgIpc) is 3.08. The van der Waals surface area contributed by atoms with Gasteiger partial charge in [-0.1, -0.05) is 6.92 Å². The van der Waals surface area contributed by atoms with Crippen LogP contribution in [0.4, 0.5) is 61.6 Å². The fraction of sp³-hybridized carbons (Fsp3) is 0.469. The summed E-state index contributed by atoms with van der Waals surface area (Å²) in [6.07, 6.45) is -14.4. The molecule has 0 unspecified atom stereocenters. The molecule has 0 aliphatic carbocycles. The average molecular weight is 751 g/mol. The summed E-state index contributed by atoms with van der Waals surface area (Å²) in [5.74, 6) is -1.54. The predicted octanol–water partition coefficient (Wildman–Crippen LogP) is 7.11. The lowest BCUT2D eigenvalue weighted by molar-refractivity contribution is -0.143. The molecular weight excluding hydrogens is 719 g/mol. The Hall–Kier alpha value is -4.88. The molecule has 0 bridgehead atoms. The number of aromatic nitrogens is 3. The number of carboxylic acid groups (broad SMARTS) is 1. The van der Waals surface area contributed by atoms with Gasteiger partial charge in [0.05, 0.1) is 66.3 Å². The minimum absolute atomic E-state index is 0.0461. The number of morpholine rings is 1. The summed E-state index contributed by atoms with van der Waals surface area (Å²) in [6, 6.07) is 0.278. The molecule has 5 rings (SSSR count). The molecular formula is C32H31F9N6O5. The fourth-order valence-corrected chi connectivity index (χ4v) is 5.99. The molecule has 2 aromatic heterocycles. The molecule has 2 aliphatic rings. The van der Waals surface area contributed by atoms with E-state index in [-0.39, 0.29) is 30.5 Å². The van der Waals surface area contributed by atoms with Crippen LogP contribution in [0, 0.1) is 0 Å². The maximum atomic E-state index is 14.0. The summed E-state index contributed by atoms with van der Waals surface area (Å²) in [5.41, 5.74) is -5.24. The predicted molar refractivity (Wildman–Crippen MR) is 164 cm³/mol. The number of benzene rings is 1. The van der Waals surface area contributed by atoms with Crippen molar-refractivity contribution in [2.75, 3.05) is 47.6 Å². The molecule has 1 saturated heterocycles. The molecule has 1 aromatic carbocycles. The molecule has 1 N–H and O–H groups in total. The van der Waals surface area contributed by atoms with Crippen molar-refractivity contribution in [1.29, 1.82) is 0 Å². The van der Waals surface area contributed by atoms with E-state index in [1.54, 1.807) is 6.92 Å². The number of alkyl halides is 9. The van der Waals surface area contributed by atoms with Gasteiger partial charge in [-0.3, -0.25) is 9.69 Å². The second kappa shape index (κ2) is 15.0. The number of carbonyl (C=O) groups is 2. The minimum atomic E-state index is -5.19. The van der Waals surface area contributed by atoms with Gasteiger partial charge in [-0.25, -0.2) is 19.7 Å². The van der Waals surface area contributed by atoms with Crippen LogP contribution in [0.5, 0.6) is 0 Å². The van der Waals surface area contributed by atoms with Gasteiger partial charge in [0.1, 0.15) is 12.3 Å². The van der Waals surface area contributed by atoms with Crippen LogP contribution in [0.1, 0.15) is 60.3 Å². The van der Waals surface area contributed by atoms with Crippen LogP contribution in [0.15, 0.2) is 42.7 Å². The molecule has 2 atom stereocenters. The first kappa shape index (κ1) is 38.4. The zero-order valence-electron chi connectivity index (χ0n) is 27.2. The van der Waals surface area contributed by atoms with Gasteiger partial charge >= 0.3 is 30.6 Å². The Morgan fingerprint density at radius 3 is 2.10 bits per heavy atom. The van der Waals surface area contributed by atoms with E-state index in [0.717, 1.165) is 15.9 Å². The normalized spacial score (nSPS) is 18.2. The van der Waals surface area contributed by atoms with Gasteiger partial charge in [-0.2, -0.15) is 39.5 Å². The number of nitrogens with zero attached hydrogens (tertiary/aromatic N) is 6. The second-order valence-corrected chi connectivity index (χ2v) is 11.9. The molecule has 1 amide bonds. The summed E-state index contributed by atoms with van der Waals surface area (Å²) in [7, 11) is 0. The largest absolute Gasteiger partial charge is 0.481 e. The van der Waals surface area contributed by atoms with E-state index in [4.69, 9.17) is 14.6 Å². The lowest BCUT2D eigenvalue weighted by atomic mass is 9.91. The van der Waals surface area contributed by atoms with Crippen LogP contribution in [0.2, 0.25) is 0 Å². The van der Waals surface area contributed by atoms with Crippen molar-refractivity contribution < 1.29 is 63.7 Å². The number of anilines is 3. The number of hydrogen-bond donors (Lipinski definition) is 1. The van der Waals surface area contributed by atoms with Gasteiger partial charge in [0.15, 0.2) is 0 Å². The maximum absolute atomic E-state index is 14.0. The number of rotatable bonds is 9. The number of amides is 1. The zero-order valence-corrected chi connectivity index (χ0v) is 27.2. The Morgan fingerprint density at radius 1 is 0.942 bits per heavy atom. The van der Waals surface area contributed by atoms with Crippen LogP contribution in [-0.2, 0) is 39.3 Å². The van der Waals surface area contributed by atoms with Crippen molar-refractivity contribution in [3.63, 3.8) is 0 Å². The van der Waals surface area contributed by atoms with Crippen molar-refractivity contribution in [3.8, 4) is 0 Å². The Kier molecular flexibility index (Phi) is 11.1. The highest BCUT2D eigenvalue weighted by molar-refractivity contribution is 5.90. The van der Waals surface area contributed by atoms with Crippen LogP contribution in [0.25, 0.3) is 0 Å². The molecule has 0 saturated carbocycles. The molecule has 2 aliphatic heterocycles. The molecule has 20 heteroatoms. The van der Waals surface area contributed by atoms with Gasteiger partial charge in [-0.15, -0.1) is 0 Å². The first-order valence-electron chi connectivity index (χ1n) is 15.8. The minimum Gasteiger partial charge on any atom is -0.481 e. The smallest absolute Gasteiger partial charge is 0.433 e. The maximum Gasteiger partial charge on any atom is 0.433 e. The lowest BCUT2D eigenvalue weighted by Gasteiger charge is -2.43. The second-order valence-electron chi connectivity index (χ2n) is 11.9. The molecule has 4 heterocycles. The number of pyridine rings is 1. The third-order valence-corrected chi connectivity index (χ3v) is 8.47. The first-order valence-corrected chi connectivity index (χ1v) is 15.8. The summed E-state index contributed by atoms with van der Waals surface area (Å²) >= 11 is 0.